The van der Waals surface area contributed by atoms with E-state index in [4.69, 9.17) is 16.3 Å². The quantitative estimate of drug-likeness (QED) is 0.611. The van der Waals surface area contributed by atoms with E-state index in [1.807, 2.05) is 30.3 Å². The van der Waals surface area contributed by atoms with Gasteiger partial charge in [-0.05, 0) is 30.7 Å². The molecule has 0 spiro atoms. The number of benzene rings is 2. The minimum Gasteiger partial charge on any atom is -0.492 e. The molecule has 2 heterocycles. The molecular weight excluding hydrogens is 444 g/mol. The van der Waals surface area contributed by atoms with Crippen LogP contribution in [0, 0.1) is 0 Å². The summed E-state index contributed by atoms with van der Waals surface area (Å²) in [5.41, 5.74) is 1.64. The van der Waals surface area contributed by atoms with E-state index >= 15 is 0 Å². The zero-order valence-corrected chi connectivity index (χ0v) is 19.1. The van der Waals surface area contributed by atoms with Gasteiger partial charge in [0.05, 0.1) is 30.4 Å². The molecule has 9 heteroatoms. The number of hydrogen-bond donors (Lipinski definition) is 2. The van der Waals surface area contributed by atoms with Gasteiger partial charge >= 0.3 is 6.03 Å². The Labute approximate surface area is 197 Å². The van der Waals surface area contributed by atoms with Gasteiger partial charge in [0.25, 0.3) is 5.91 Å². The third-order valence-corrected chi connectivity index (χ3v) is 6.21. The maximum Gasteiger partial charge on any atom is 0.322 e. The third-order valence-electron chi connectivity index (χ3n) is 5.86. The summed E-state index contributed by atoms with van der Waals surface area (Å²) < 4.78 is 5.59. The molecule has 2 aromatic carbocycles. The van der Waals surface area contributed by atoms with E-state index < -0.39 is 12.1 Å². The van der Waals surface area contributed by atoms with E-state index in [1.165, 1.54) is 9.80 Å². The summed E-state index contributed by atoms with van der Waals surface area (Å²) in [6.07, 6.45) is 0. The molecule has 4 rings (SSSR count). The Bertz CT molecular complexity index is 1100. The predicted molar refractivity (Wildman–Crippen MR) is 124 cm³/mol. The average molecular weight is 469 g/mol. The number of para-hydroxylation sites is 1. The molecule has 0 aliphatic carbocycles. The van der Waals surface area contributed by atoms with Crippen molar-refractivity contribution in [2.24, 2.45) is 0 Å². The van der Waals surface area contributed by atoms with Crippen LogP contribution in [0.2, 0.25) is 5.02 Å². The van der Waals surface area contributed by atoms with Crippen LogP contribution >= 0.6 is 11.6 Å². The molecule has 0 bridgehead atoms. The van der Waals surface area contributed by atoms with Crippen LogP contribution in [0.25, 0.3) is 0 Å². The Hall–Kier alpha value is -3.52. The molecule has 2 aromatic rings. The first kappa shape index (κ1) is 22.7. The first-order chi connectivity index (χ1) is 15.9. The van der Waals surface area contributed by atoms with Gasteiger partial charge in [-0.15, -0.1) is 0 Å². The zero-order chi connectivity index (χ0) is 23.5. The maximum absolute atomic E-state index is 13.4. The van der Waals surface area contributed by atoms with Gasteiger partial charge in [0.2, 0.25) is 5.91 Å². The molecular formula is C24H25ClN4O4. The first-order valence-corrected chi connectivity index (χ1v) is 11.0. The van der Waals surface area contributed by atoms with Crippen molar-refractivity contribution < 1.29 is 19.1 Å². The fraction of sp³-hybridized carbons (Fsp3) is 0.292. The number of rotatable bonds is 7. The summed E-state index contributed by atoms with van der Waals surface area (Å²) in [7, 11) is 1.61. The van der Waals surface area contributed by atoms with Crippen LogP contribution in [0.4, 0.5) is 4.79 Å². The second-order valence-corrected chi connectivity index (χ2v) is 8.29. The molecule has 2 aliphatic heterocycles. The van der Waals surface area contributed by atoms with Crippen molar-refractivity contribution in [2.45, 2.75) is 19.0 Å². The van der Waals surface area contributed by atoms with Crippen molar-refractivity contribution in [2.75, 3.05) is 26.7 Å². The van der Waals surface area contributed by atoms with Crippen molar-refractivity contribution in [1.29, 1.82) is 0 Å². The van der Waals surface area contributed by atoms with Gasteiger partial charge in [-0.3, -0.25) is 14.5 Å². The zero-order valence-electron chi connectivity index (χ0n) is 18.4. The normalized spacial score (nSPS) is 18.7. The van der Waals surface area contributed by atoms with Gasteiger partial charge in [0.1, 0.15) is 18.4 Å². The topological polar surface area (TPSA) is 91.0 Å². The minimum absolute atomic E-state index is 0.161. The van der Waals surface area contributed by atoms with Gasteiger partial charge in [-0.2, -0.15) is 0 Å². The lowest BCUT2D eigenvalue weighted by Gasteiger charge is -2.31. The Morgan fingerprint density at radius 3 is 2.61 bits per heavy atom. The molecule has 2 N–H and O–H groups in total. The largest absolute Gasteiger partial charge is 0.492 e. The highest BCUT2D eigenvalue weighted by atomic mass is 35.5. The monoisotopic (exact) mass is 468 g/mol. The van der Waals surface area contributed by atoms with Crippen molar-refractivity contribution in [3.05, 3.63) is 76.5 Å². The number of ether oxygens (including phenoxy) is 1. The number of likely N-dealkylation sites (N-methyl/N-ethyl adjacent to an activating group) is 1. The SMILES string of the molecule is C[C@H](C(=O)NCCOc1ccccc1)N1CC2=C(C1=O)[C@H](c1ccccc1Cl)NC(=O)N2C. The highest BCUT2D eigenvalue weighted by Gasteiger charge is 2.45. The summed E-state index contributed by atoms with van der Waals surface area (Å²) in [5, 5.41) is 6.11. The molecule has 0 aromatic heterocycles. The Balaban J connectivity index is 1.44. The lowest BCUT2D eigenvalue weighted by Crippen LogP contribution is -2.47. The van der Waals surface area contributed by atoms with E-state index in [9.17, 15) is 14.4 Å². The molecule has 0 saturated heterocycles. The molecule has 2 atom stereocenters. The van der Waals surface area contributed by atoms with E-state index in [0.717, 1.165) is 5.75 Å². The standard InChI is InChI=1S/C24H25ClN4O4/c1-15(22(30)26-12-13-33-16-8-4-3-5-9-16)29-14-19-20(23(29)31)21(27-24(32)28(19)2)17-10-6-7-11-18(17)25/h3-11,15,21H,12-14H2,1-2H3,(H,26,30)(H,27,32)/t15-,21+/m1/s1. The van der Waals surface area contributed by atoms with Crippen molar-refractivity contribution in [1.82, 2.24) is 20.4 Å². The molecule has 0 unspecified atom stereocenters. The fourth-order valence-electron chi connectivity index (χ4n) is 3.99. The number of amides is 4. The van der Waals surface area contributed by atoms with E-state index in [2.05, 4.69) is 10.6 Å². The van der Waals surface area contributed by atoms with Crippen LogP contribution in [0.3, 0.4) is 0 Å². The van der Waals surface area contributed by atoms with E-state index in [0.29, 0.717) is 35.0 Å². The first-order valence-electron chi connectivity index (χ1n) is 10.7. The van der Waals surface area contributed by atoms with Gasteiger partial charge in [0.15, 0.2) is 0 Å². The average Bonchev–Trinajstić information content (AvgIpc) is 3.17. The molecule has 4 amide bonds. The van der Waals surface area contributed by atoms with Gasteiger partial charge < -0.3 is 20.3 Å². The van der Waals surface area contributed by atoms with Crippen LogP contribution in [0.15, 0.2) is 65.9 Å². The summed E-state index contributed by atoms with van der Waals surface area (Å²) in [6, 6.07) is 14.7. The van der Waals surface area contributed by atoms with Crippen LogP contribution in [-0.2, 0) is 9.59 Å². The van der Waals surface area contributed by atoms with Gasteiger partial charge in [-0.25, -0.2) is 4.79 Å². The van der Waals surface area contributed by atoms with E-state index in [1.54, 1.807) is 38.2 Å². The number of hydrogen-bond acceptors (Lipinski definition) is 4. The maximum atomic E-state index is 13.4. The van der Waals surface area contributed by atoms with Crippen LogP contribution in [0.5, 0.6) is 5.75 Å². The van der Waals surface area contributed by atoms with Crippen LogP contribution in [0.1, 0.15) is 18.5 Å². The molecule has 0 saturated carbocycles. The van der Waals surface area contributed by atoms with Crippen LogP contribution < -0.4 is 15.4 Å². The number of nitrogens with one attached hydrogen (secondary N) is 2. The number of nitrogens with zero attached hydrogens (tertiary/aromatic N) is 2. The number of carbonyl (C=O) groups excluding carboxylic acids is 3. The number of urea groups is 1. The molecule has 2 aliphatic rings. The van der Waals surface area contributed by atoms with E-state index in [-0.39, 0.29) is 24.4 Å². The second kappa shape index (κ2) is 9.54. The molecule has 33 heavy (non-hydrogen) atoms. The predicted octanol–water partition coefficient (Wildman–Crippen LogP) is 2.72. The molecule has 0 fully saturated rings. The second-order valence-electron chi connectivity index (χ2n) is 7.88. The van der Waals surface area contributed by atoms with Crippen LogP contribution in [-0.4, -0.2) is 60.4 Å². The summed E-state index contributed by atoms with van der Waals surface area (Å²) >= 11 is 6.36. The Morgan fingerprint density at radius 1 is 1.18 bits per heavy atom. The Morgan fingerprint density at radius 2 is 1.88 bits per heavy atom. The lowest BCUT2D eigenvalue weighted by molar-refractivity contribution is -0.135. The smallest absolute Gasteiger partial charge is 0.322 e. The number of carbonyl (C=O) groups is 3. The third kappa shape index (κ3) is 4.52. The van der Waals surface area contributed by atoms with Crippen molar-refractivity contribution in [3.63, 3.8) is 0 Å². The van der Waals surface area contributed by atoms with Crippen molar-refractivity contribution >= 4 is 29.4 Å². The Kier molecular flexibility index (Phi) is 6.55. The molecule has 172 valence electrons. The van der Waals surface area contributed by atoms with Crippen molar-refractivity contribution in [3.8, 4) is 5.75 Å². The summed E-state index contributed by atoms with van der Waals surface area (Å²) in [4.78, 5) is 41.6. The highest BCUT2D eigenvalue weighted by molar-refractivity contribution is 6.31. The van der Waals surface area contributed by atoms with Gasteiger partial charge in [-0.1, -0.05) is 48.0 Å². The van der Waals surface area contributed by atoms with Gasteiger partial charge in [0, 0.05) is 12.1 Å². The lowest BCUT2D eigenvalue weighted by atomic mass is 9.95. The summed E-state index contributed by atoms with van der Waals surface area (Å²) in [5.74, 6) is 0.123. The number of halogens is 1. The molecule has 8 nitrogen and oxygen atoms in total. The summed E-state index contributed by atoms with van der Waals surface area (Å²) in [6.45, 7) is 2.44. The minimum atomic E-state index is -0.727. The fourth-order valence-corrected chi connectivity index (χ4v) is 4.24. The molecule has 0 radical (unpaired) electrons. The highest BCUT2D eigenvalue weighted by Crippen LogP contribution is 2.38.